The molecular formula is C14H16ClN3O2S. The maximum atomic E-state index is 12.5. The number of fused-ring (bicyclic) bond motifs is 1. The third kappa shape index (κ3) is 2.58. The summed E-state index contributed by atoms with van der Waals surface area (Å²) in [6.45, 7) is 1.97. The van der Waals surface area contributed by atoms with Gasteiger partial charge in [-0.15, -0.1) is 11.3 Å². The average molecular weight is 326 g/mol. The van der Waals surface area contributed by atoms with Gasteiger partial charge in [0.1, 0.15) is 5.15 Å². The summed E-state index contributed by atoms with van der Waals surface area (Å²) in [5.41, 5.74) is 0.610. The second-order valence-electron chi connectivity index (χ2n) is 5.19. The fourth-order valence-electron chi connectivity index (χ4n) is 2.62. The van der Waals surface area contributed by atoms with Crippen LogP contribution in [0.25, 0.3) is 5.13 Å². The number of aryl methyl sites for hydroxylation is 2. The zero-order valence-corrected chi connectivity index (χ0v) is 13.3. The zero-order chi connectivity index (χ0) is 15.0. The van der Waals surface area contributed by atoms with Crippen LogP contribution in [0.1, 0.15) is 42.3 Å². The Labute approximate surface area is 130 Å². The van der Waals surface area contributed by atoms with E-state index in [0.29, 0.717) is 17.1 Å². The summed E-state index contributed by atoms with van der Waals surface area (Å²) in [4.78, 5) is 32.9. The van der Waals surface area contributed by atoms with E-state index in [0.717, 1.165) is 42.4 Å². The Morgan fingerprint density at radius 1 is 1.33 bits per heavy atom. The number of hydrogen-bond acceptors (Lipinski definition) is 4. The van der Waals surface area contributed by atoms with Crippen LogP contribution in [0.4, 0.5) is 0 Å². The van der Waals surface area contributed by atoms with Gasteiger partial charge < -0.3 is 0 Å². The van der Waals surface area contributed by atoms with Crippen LogP contribution in [0.2, 0.25) is 5.15 Å². The molecule has 0 amide bonds. The first-order chi connectivity index (χ1) is 10.1. The van der Waals surface area contributed by atoms with Crippen LogP contribution in [0, 0.1) is 0 Å². The summed E-state index contributed by atoms with van der Waals surface area (Å²) in [7, 11) is 0. The molecule has 0 saturated carbocycles. The normalized spacial score (nSPS) is 14.2. The summed E-state index contributed by atoms with van der Waals surface area (Å²) in [6, 6.07) is 0. The number of nitrogens with zero attached hydrogens (tertiary/aromatic N) is 2. The molecule has 0 unspecified atom stereocenters. The molecular weight excluding hydrogens is 310 g/mol. The Bertz CT molecular complexity index is 767. The first kappa shape index (κ1) is 14.5. The smallest absolute Gasteiger partial charge is 0.297 e. The predicted octanol–water partition coefficient (Wildman–Crippen LogP) is 2.47. The third-order valence-corrected chi connectivity index (χ3v) is 5.14. The lowest BCUT2D eigenvalue weighted by atomic mass is 10.0. The number of H-pyrrole nitrogens is 1. The molecule has 7 heteroatoms. The highest BCUT2D eigenvalue weighted by molar-refractivity contribution is 7.14. The zero-order valence-electron chi connectivity index (χ0n) is 11.7. The molecule has 2 aromatic rings. The number of aromatic nitrogens is 3. The van der Waals surface area contributed by atoms with Crippen molar-refractivity contribution in [2.45, 2.75) is 45.4 Å². The minimum Gasteiger partial charge on any atom is -0.297 e. The minimum absolute atomic E-state index is 0.143. The fraction of sp³-hybridized carbons (Fsp3) is 0.500. The molecule has 0 radical (unpaired) electrons. The average Bonchev–Trinajstić information content (AvgIpc) is 2.86. The van der Waals surface area contributed by atoms with Crippen LogP contribution >= 0.6 is 22.9 Å². The van der Waals surface area contributed by atoms with E-state index in [9.17, 15) is 9.59 Å². The van der Waals surface area contributed by atoms with E-state index in [-0.39, 0.29) is 10.7 Å². The number of rotatable bonds is 3. The largest absolute Gasteiger partial charge is 0.336 e. The lowest BCUT2D eigenvalue weighted by molar-refractivity contribution is 0.680. The summed E-state index contributed by atoms with van der Waals surface area (Å²) in [6.07, 6.45) is 5.49. The molecule has 0 aromatic carbocycles. The summed E-state index contributed by atoms with van der Waals surface area (Å²) in [5.74, 6) is 0. The van der Waals surface area contributed by atoms with Crippen LogP contribution in [0.5, 0.6) is 0 Å². The number of aromatic amines is 1. The van der Waals surface area contributed by atoms with Crippen molar-refractivity contribution in [1.82, 2.24) is 14.5 Å². The van der Waals surface area contributed by atoms with E-state index < -0.39 is 5.69 Å². The van der Waals surface area contributed by atoms with Gasteiger partial charge in [-0.1, -0.05) is 24.9 Å². The predicted molar refractivity (Wildman–Crippen MR) is 84.0 cm³/mol. The Balaban J connectivity index is 2.18. The standard InChI is InChI=1S/C14H16ClN3O2S/c1-2-5-8-11(15)17-13(20)18(12(8)19)14-16-9-6-3-4-7-10(9)21-14/h2-7H2,1H3,(H,17,20). The molecule has 1 aliphatic carbocycles. The van der Waals surface area contributed by atoms with Crippen molar-refractivity contribution >= 4 is 22.9 Å². The van der Waals surface area contributed by atoms with Crippen LogP contribution in [0.15, 0.2) is 9.59 Å². The number of hydrogen-bond donors (Lipinski definition) is 1. The molecule has 0 aliphatic heterocycles. The Morgan fingerprint density at radius 3 is 2.81 bits per heavy atom. The van der Waals surface area contributed by atoms with Gasteiger partial charge in [-0.3, -0.25) is 9.78 Å². The number of thiazole rings is 1. The molecule has 112 valence electrons. The van der Waals surface area contributed by atoms with Gasteiger partial charge in [-0.05, 0) is 32.1 Å². The molecule has 0 fully saturated rings. The Kier molecular flexibility index (Phi) is 3.99. The number of halogens is 1. The lowest BCUT2D eigenvalue weighted by Crippen LogP contribution is -2.36. The van der Waals surface area contributed by atoms with Gasteiger partial charge in [-0.25, -0.2) is 14.3 Å². The molecule has 1 aliphatic rings. The SMILES string of the molecule is CCCc1c(Cl)[nH]c(=O)n(-c2nc3c(s2)CCCC3)c1=O. The van der Waals surface area contributed by atoms with Crippen molar-refractivity contribution in [2.75, 3.05) is 0 Å². The molecule has 2 aromatic heterocycles. The highest BCUT2D eigenvalue weighted by Crippen LogP contribution is 2.27. The van der Waals surface area contributed by atoms with E-state index in [1.807, 2.05) is 6.92 Å². The van der Waals surface area contributed by atoms with Crippen molar-refractivity contribution in [3.63, 3.8) is 0 Å². The molecule has 0 spiro atoms. The highest BCUT2D eigenvalue weighted by Gasteiger charge is 2.20. The van der Waals surface area contributed by atoms with E-state index in [1.54, 1.807) is 0 Å². The maximum absolute atomic E-state index is 12.5. The van der Waals surface area contributed by atoms with Gasteiger partial charge >= 0.3 is 5.69 Å². The van der Waals surface area contributed by atoms with Gasteiger partial charge in [0.05, 0.1) is 11.3 Å². The Hall–Kier alpha value is -1.40. The first-order valence-electron chi connectivity index (χ1n) is 7.14. The summed E-state index contributed by atoms with van der Waals surface area (Å²) in [5, 5.41) is 0.603. The molecule has 21 heavy (non-hydrogen) atoms. The Morgan fingerprint density at radius 2 is 2.10 bits per heavy atom. The van der Waals surface area contributed by atoms with Crippen molar-refractivity contribution in [2.24, 2.45) is 0 Å². The van der Waals surface area contributed by atoms with E-state index >= 15 is 0 Å². The van der Waals surface area contributed by atoms with E-state index in [1.165, 1.54) is 16.2 Å². The molecule has 3 rings (SSSR count). The molecule has 0 bridgehead atoms. The van der Waals surface area contributed by atoms with E-state index in [4.69, 9.17) is 11.6 Å². The number of nitrogens with one attached hydrogen (secondary N) is 1. The van der Waals surface area contributed by atoms with E-state index in [2.05, 4.69) is 9.97 Å². The molecule has 0 saturated heterocycles. The van der Waals surface area contributed by atoms with Gasteiger partial charge in [0.15, 0.2) is 0 Å². The maximum Gasteiger partial charge on any atom is 0.336 e. The third-order valence-electron chi connectivity index (χ3n) is 3.67. The van der Waals surface area contributed by atoms with Crippen LogP contribution in [-0.4, -0.2) is 14.5 Å². The van der Waals surface area contributed by atoms with Crippen LogP contribution in [-0.2, 0) is 19.3 Å². The summed E-state index contributed by atoms with van der Waals surface area (Å²) >= 11 is 7.43. The van der Waals surface area contributed by atoms with Crippen molar-refractivity contribution in [3.05, 3.63) is 42.1 Å². The fourth-order valence-corrected chi connectivity index (χ4v) is 4.02. The van der Waals surface area contributed by atoms with Gasteiger partial charge in [0.2, 0.25) is 5.13 Å². The molecule has 0 atom stereocenters. The van der Waals surface area contributed by atoms with Crippen molar-refractivity contribution in [3.8, 4) is 5.13 Å². The molecule has 1 N–H and O–H groups in total. The van der Waals surface area contributed by atoms with Gasteiger partial charge in [-0.2, -0.15) is 0 Å². The minimum atomic E-state index is -0.518. The van der Waals surface area contributed by atoms with Crippen LogP contribution in [0.3, 0.4) is 0 Å². The quantitative estimate of drug-likeness (QED) is 0.881. The van der Waals surface area contributed by atoms with Crippen molar-refractivity contribution in [1.29, 1.82) is 0 Å². The van der Waals surface area contributed by atoms with Gasteiger partial charge in [0, 0.05) is 4.88 Å². The molecule has 5 nitrogen and oxygen atoms in total. The van der Waals surface area contributed by atoms with Crippen molar-refractivity contribution < 1.29 is 0 Å². The monoisotopic (exact) mass is 325 g/mol. The second-order valence-corrected chi connectivity index (χ2v) is 6.63. The molecule has 2 heterocycles. The first-order valence-corrected chi connectivity index (χ1v) is 8.34. The highest BCUT2D eigenvalue weighted by atomic mass is 35.5. The van der Waals surface area contributed by atoms with Crippen LogP contribution < -0.4 is 11.2 Å². The summed E-state index contributed by atoms with van der Waals surface area (Å²) < 4.78 is 1.12. The second kappa shape index (κ2) is 5.77. The van der Waals surface area contributed by atoms with Gasteiger partial charge in [0.25, 0.3) is 5.56 Å². The lowest BCUT2D eigenvalue weighted by Gasteiger charge is -2.06. The topological polar surface area (TPSA) is 67.8 Å².